The van der Waals surface area contributed by atoms with Gasteiger partial charge in [-0.15, -0.1) is 0 Å². The minimum Gasteiger partial charge on any atom is -0.497 e. The van der Waals surface area contributed by atoms with Crippen LogP contribution in [0, 0.1) is 12.8 Å². The van der Waals surface area contributed by atoms with Gasteiger partial charge in [0.15, 0.2) is 0 Å². The predicted molar refractivity (Wildman–Crippen MR) is 92.1 cm³/mol. The molecular formula is C18H22N2O5. The number of methoxy groups -OCH3 is 1. The molecule has 1 saturated heterocycles. The first-order valence-corrected chi connectivity index (χ1v) is 8.17. The Kier molecular flexibility index (Phi) is 4.67. The lowest BCUT2D eigenvalue weighted by Crippen LogP contribution is -2.38. The highest BCUT2D eigenvalue weighted by atomic mass is 16.5. The molecule has 1 amide bonds. The van der Waals surface area contributed by atoms with Crippen molar-refractivity contribution in [3.05, 3.63) is 29.5 Å². The Morgan fingerprint density at radius 3 is 2.80 bits per heavy atom. The van der Waals surface area contributed by atoms with Gasteiger partial charge in [-0.25, -0.2) is 0 Å². The molecule has 1 N–H and O–H groups in total. The van der Waals surface area contributed by atoms with Gasteiger partial charge >= 0.3 is 5.97 Å². The van der Waals surface area contributed by atoms with Crippen molar-refractivity contribution in [3.63, 3.8) is 0 Å². The van der Waals surface area contributed by atoms with E-state index >= 15 is 0 Å². The highest BCUT2D eigenvalue weighted by Gasteiger charge is 2.30. The molecule has 1 aromatic heterocycles. The Bertz CT molecular complexity index is 826. The van der Waals surface area contributed by atoms with Crippen LogP contribution in [0.2, 0.25) is 0 Å². The molecule has 2 heterocycles. The third kappa shape index (κ3) is 3.07. The first kappa shape index (κ1) is 17.3. The van der Waals surface area contributed by atoms with Crippen LogP contribution in [-0.4, -0.2) is 59.9 Å². The van der Waals surface area contributed by atoms with E-state index in [1.165, 1.54) is 0 Å². The van der Waals surface area contributed by atoms with Gasteiger partial charge in [0.05, 0.1) is 31.8 Å². The van der Waals surface area contributed by atoms with Gasteiger partial charge in [0.2, 0.25) is 0 Å². The maximum Gasteiger partial charge on any atom is 0.310 e. The molecule has 25 heavy (non-hydrogen) atoms. The number of carboxylic acids is 1. The molecule has 2 aromatic rings. The number of carbonyl (C=O) groups is 2. The highest BCUT2D eigenvalue weighted by Crippen LogP contribution is 2.30. The second-order valence-corrected chi connectivity index (χ2v) is 6.26. The van der Waals surface area contributed by atoms with Crippen molar-refractivity contribution in [2.75, 3.05) is 33.4 Å². The monoisotopic (exact) mass is 346 g/mol. The predicted octanol–water partition coefficient (Wildman–Crippen LogP) is 1.67. The van der Waals surface area contributed by atoms with Crippen LogP contribution in [0.5, 0.6) is 5.75 Å². The summed E-state index contributed by atoms with van der Waals surface area (Å²) >= 11 is 0. The van der Waals surface area contributed by atoms with Crippen molar-refractivity contribution < 1.29 is 24.2 Å². The van der Waals surface area contributed by atoms with Crippen LogP contribution in [0.4, 0.5) is 0 Å². The molecule has 1 aliphatic heterocycles. The number of amides is 1. The Labute approximate surface area is 145 Å². The van der Waals surface area contributed by atoms with E-state index in [1.54, 1.807) is 12.0 Å². The number of aliphatic carboxylic acids is 1. The van der Waals surface area contributed by atoms with Crippen molar-refractivity contribution in [2.24, 2.45) is 13.0 Å². The molecule has 1 atom stereocenters. The summed E-state index contributed by atoms with van der Waals surface area (Å²) in [5, 5.41) is 10.1. The Morgan fingerprint density at radius 1 is 1.36 bits per heavy atom. The zero-order valence-corrected chi connectivity index (χ0v) is 14.6. The Hall–Kier alpha value is -2.54. The van der Waals surface area contributed by atoms with Crippen molar-refractivity contribution in [3.8, 4) is 5.75 Å². The molecule has 1 fully saturated rings. The topological polar surface area (TPSA) is 81.0 Å². The van der Waals surface area contributed by atoms with Gasteiger partial charge in [-0.3, -0.25) is 9.59 Å². The van der Waals surface area contributed by atoms with Crippen LogP contribution in [0.1, 0.15) is 16.1 Å². The first-order valence-electron chi connectivity index (χ1n) is 8.17. The van der Waals surface area contributed by atoms with Gasteiger partial charge in [-0.2, -0.15) is 0 Å². The molecular weight excluding hydrogens is 324 g/mol. The van der Waals surface area contributed by atoms with E-state index in [0.717, 1.165) is 16.6 Å². The van der Waals surface area contributed by atoms with Crippen LogP contribution in [0.25, 0.3) is 10.9 Å². The molecule has 7 heteroatoms. The fourth-order valence-electron chi connectivity index (χ4n) is 3.25. The van der Waals surface area contributed by atoms with Gasteiger partial charge < -0.3 is 24.0 Å². The highest BCUT2D eigenvalue weighted by molar-refractivity contribution is 6.08. The Balaban J connectivity index is 2.04. The molecule has 0 bridgehead atoms. The number of rotatable bonds is 3. The number of aromatic nitrogens is 1. The maximum atomic E-state index is 13.2. The lowest BCUT2D eigenvalue weighted by molar-refractivity contribution is -0.143. The number of fused-ring (bicyclic) bond motifs is 1. The van der Waals surface area contributed by atoms with Gasteiger partial charge in [0.25, 0.3) is 5.91 Å². The normalized spacial score (nSPS) is 18.2. The average Bonchev–Trinajstić information content (AvgIpc) is 2.78. The van der Waals surface area contributed by atoms with E-state index in [1.807, 2.05) is 36.7 Å². The zero-order chi connectivity index (χ0) is 18.1. The third-order valence-corrected chi connectivity index (χ3v) is 4.82. The van der Waals surface area contributed by atoms with Gasteiger partial charge in [0, 0.05) is 36.7 Å². The largest absolute Gasteiger partial charge is 0.497 e. The molecule has 0 radical (unpaired) electrons. The third-order valence-electron chi connectivity index (χ3n) is 4.82. The van der Waals surface area contributed by atoms with Crippen molar-refractivity contribution in [1.29, 1.82) is 0 Å². The lowest BCUT2D eigenvalue weighted by atomic mass is 10.1. The Morgan fingerprint density at radius 2 is 2.12 bits per heavy atom. The van der Waals surface area contributed by atoms with Crippen LogP contribution in [0.3, 0.4) is 0 Å². The number of benzene rings is 1. The molecule has 1 aromatic carbocycles. The first-order chi connectivity index (χ1) is 11.9. The van der Waals surface area contributed by atoms with Gasteiger partial charge in [-0.05, 0) is 25.1 Å². The van der Waals surface area contributed by atoms with E-state index in [-0.39, 0.29) is 19.1 Å². The second-order valence-electron chi connectivity index (χ2n) is 6.26. The van der Waals surface area contributed by atoms with E-state index in [9.17, 15) is 14.7 Å². The van der Waals surface area contributed by atoms with E-state index in [2.05, 4.69) is 0 Å². The summed E-state index contributed by atoms with van der Waals surface area (Å²) in [6, 6.07) is 5.62. The molecule has 0 aliphatic carbocycles. The quantitative estimate of drug-likeness (QED) is 0.914. The summed E-state index contributed by atoms with van der Waals surface area (Å²) in [5.74, 6) is -1.16. The summed E-state index contributed by atoms with van der Waals surface area (Å²) in [4.78, 5) is 26.1. The summed E-state index contributed by atoms with van der Waals surface area (Å²) in [6.45, 7) is 2.88. The van der Waals surface area contributed by atoms with E-state index in [0.29, 0.717) is 24.5 Å². The molecule has 0 saturated carbocycles. The van der Waals surface area contributed by atoms with Crippen molar-refractivity contribution >= 4 is 22.8 Å². The van der Waals surface area contributed by atoms with Crippen LogP contribution >= 0.6 is 0 Å². The van der Waals surface area contributed by atoms with Crippen LogP contribution in [0.15, 0.2) is 18.2 Å². The number of carbonyl (C=O) groups excluding carboxylic acids is 1. The molecule has 1 aliphatic rings. The van der Waals surface area contributed by atoms with E-state index < -0.39 is 11.9 Å². The summed E-state index contributed by atoms with van der Waals surface area (Å²) in [5.41, 5.74) is 2.36. The molecule has 0 spiro atoms. The fourth-order valence-corrected chi connectivity index (χ4v) is 3.25. The maximum absolute atomic E-state index is 13.2. The number of aryl methyl sites for hydroxylation is 1. The number of nitrogens with zero attached hydrogens (tertiary/aromatic N) is 2. The van der Waals surface area contributed by atoms with Crippen LogP contribution in [-0.2, 0) is 16.6 Å². The summed E-state index contributed by atoms with van der Waals surface area (Å²) in [6.07, 6.45) is 0. The second kappa shape index (κ2) is 6.76. The number of hydrogen-bond donors (Lipinski definition) is 1. The summed E-state index contributed by atoms with van der Waals surface area (Å²) < 4.78 is 12.6. The summed E-state index contributed by atoms with van der Waals surface area (Å²) in [7, 11) is 3.49. The number of carboxylic acid groups (broad SMARTS) is 1. The smallest absolute Gasteiger partial charge is 0.310 e. The van der Waals surface area contributed by atoms with E-state index in [4.69, 9.17) is 9.47 Å². The average molecular weight is 346 g/mol. The minimum absolute atomic E-state index is 0.126. The standard InChI is InChI=1S/C18H22N2O5/c1-11-16(14-8-13(24-3)4-5-15(14)19(11)2)17(21)20-6-7-25-10-12(9-20)18(22)23/h4-5,8,12H,6-7,9-10H2,1-3H3,(H,22,23). The number of ether oxygens (including phenoxy) is 2. The zero-order valence-electron chi connectivity index (χ0n) is 14.6. The molecule has 134 valence electrons. The van der Waals surface area contributed by atoms with Crippen molar-refractivity contribution in [1.82, 2.24) is 9.47 Å². The minimum atomic E-state index is -0.948. The SMILES string of the molecule is COc1ccc2c(c1)c(C(=O)N1CCOCC(C(=O)O)C1)c(C)n2C. The molecule has 7 nitrogen and oxygen atoms in total. The lowest BCUT2D eigenvalue weighted by Gasteiger charge is -2.22. The van der Waals surface area contributed by atoms with Gasteiger partial charge in [-0.1, -0.05) is 0 Å². The molecule has 1 unspecified atom stereocenters. The fraction of sp³-hybridized carbons (Fsp3) is 0.444. The number of hydrogen-bond acceptors (Lipinski definition) is 4. The van der Waals surface area contributed by atoms with Crippen molar-refractivity contribution in [2.45, 2.75) is 6.92 Å². The molecule has 3 rings (SSSR count). The van der Waals surface area contributed by atoms with Gasteiger partial charge in [0.1, 0.15) is 5.75 Å². The van der Waals surface area contributed by atoms with Crippen LogP contribution < -0.4 is 4.74 Å².